The lowest BCUT2D eigenvalue weighted by atomic mass is 10.1. The number of nitrogens with one attached hydrogen (secondary N) is 1. The van der Waals surface area contributed by atoms with Crippen molar-refractivity contribution in [2.75, 3.05) is 5.32 Å². The van der Waals surface area contributed by atoms with Crippen LogP contribution < -0.4 is 5.32 Å². The Kier molecular flexibility index (Phi) is 4.63. The van der Waals surface area contributed by atoms with Crippen LogP contribution in [0.1, 0.15) is 15.9 Å². The van der Waals surface area contributed by atoms with Gasteiger partial charge in [0.1, 0.15) is 5.82 Å². The number of anilines is 1. The SMILES string of the molecule is O=C(Nc1ccc(Cl)cc1C(F)(F)F)c1c(F)cccc1Cl. The smallest absolute Gasteiger partial charge is 0.321 e. The van der Waals surface area contributed by atoms with Crippen LogP contribution in [-0.2, 0) is 6.18 Å². The molecule has 8 heteroatoms. The summed E-state index contributed by atoms with van der Waals surface area (Å²) in [5.74, 6) is -2.02. The maximum absolute atomic E-state index is 13.6. The van der Waals surface area contributed by atoms with Gasteiger partial charge in [-0.05, 0) is 30.3 Å². The Balaban J connectivity index is 2.41. The number of hydrogen-bond donors (Lipinski definition) is 1. The molecule has 1 amide bonds. The molecule has 0 radical (unpaired) electrons. The molecule has 0 fully saturated rings. The Morgan fingerprint density at radius 3 is 2.36 bits per heavy atom. The summed E-state index contributed by atoms with van der Waals surface area (Å²) >= 11 is 11.2. The minimum atomic E-state index is -4.73. The normalized spacial score (nSPS) is 11.4. The van der Waals surface area contributed by atoms with Gasteiger partial charge in [0.05, 0.1) is 21.8 Å². The number of carbonyl (C=O) groups excluding carboxylic acids is 1. The van der Waals surface area contributed by atoms with Gasteiger partial charge in [0, 0.05) is 5.02 Å². The van der Waals surface area contributed by atoms with E-state index in [1.807, 2.05) is 5.32 Å². The predicted octanol–water partition coefficient (Wildman–Crippen LogP) is 5.40. The number of halogens is 6. The highest BCUT2D eigenvalue weighted by atomic mass is 35.5. The molecule has 0 saturated carbocycles. The predicted molar refractivity (Wildman–Crippen MR) is 75.8 cm³/mol. The second-order valence-electron chi connectivity index (χ2n) is 4.24. The molecule has 2 nitrogen and oxygen atoms in total. The summed E-state index contributed by atoms with van der Waals surface area (Å²) in [6, 6.07) is 6.34. The van der Waals surface area contributed by atoms with Crippen LogP contribution in [0.25, 0.3) is 0 Å². The fourth-order valence-corrected chi connectivity index (χ4v) is 2.18. The fourth-order valence-electron chi connectivity index (χ4n) is 1.76. The highest BCUT2D eigenvalue weighted by Crippen LogP contribution is 2.36. The molecule has 0 atom stereocenters. The molecule has 0 aliphatic rings. The van der Waals surface area contributed by atoms with E-state index in [-0.39, 0.29) is 10.0 Å². The first kappa shape index (κ1) is 16.6. The van der Waals surface area contributed by atoms with Gasteiger partial charge in [0.15, 0.2) is 0 Å². The monoisotopic (exact) mass is 351 g/mol. The molecule has 0 heterocycles. The number of rotatable bonds is 2. The summed E-state index contributed by atoms with van der Waals surface area (Å²) in [7, 11) is 0. The van der Waals surface area contributed by atoms with Crippen molar-refractivity contribution in [2.24, 2.45) is 0 Å². The van der Waals surface area contributed by atoms with Crippen molar-refractivity contribution < 1.29 is 22.4 Å². The molecule has 1 N–H and O–H groups in total. The number of alkyl halides is 3. The van der Waals surface area contributed by atoms with Crippen molar-refractivity contribution in [3.8, 4) is 0 Å². The molecule has 0 saturated heterocycles. The fraction of sp³-hybridized carbons (Fsp3) is 0.0714. The largest absolute Gasteiger partial charge is 0.418 e. The summed E-state index contributed by atoms with van der Waals surface area (Å²) < 4.78 is 52.4. The van der Waals surface area contributed by atoms with Crippen molar-refractivity contribution >= 4 is 34.8 Å². The molecule has 116 valence electrons. The van der Waals surface area contributed by atoms with E-state index in [1.54, 1.807) is 0 Å². The average molecular weight is 352 g/mol. The van der Waals surface area contributed by atoms with Crippen molar-refractivity contribution in [3.63, 3.8) is 0 Å². The average Bonchev–Trinajstić information content (AvgIpc) is 2.39. The molecule has 0 aliphatic heterocycles. The minimum absolute atomic E-state index is 0.144. The third-order valence-corrected chi connectivity index (χ3v) is 3.28. The third kappa shape index (κ3) is 3.51. The van der Waals surface area contributed by atoms with E-state index in [4.69, 9.17) is 23.2 Å². The second-order valence-corrected chi connectivity index (χ2v) is 5.08. The Morgan fingerprint density at radius 2 is 1.77 bits per heavy atom. The number of benzene rings is 2. The number of hydrogen-bond acceptors (Lipinski definition) is 1. The van der Waals surface area contributed by atoms with Crippen molar-refractivity contribution in [1.82, 2.24) is 0 Å². The Hall–Kier alpha value is -1.79. The van der Waals surface area contributed by atoms with Crippen LogP contribution in [0.3, 0.4) is 0 Å². The Labute approximate surface area is 132 Å². The maximum atomic E-state index is 13.6. The zero-order valence-corrected chi connectivity index (χ0v) is 12.2. The molecule has 2 aromatic carbocycles. The first-order chi connectivity index (χ1) is 10.2. The topological polar surface area (TPSA) is 29.1 Å². The molecular weight excluding hydrogens is 345 g/mol. The zero-order chi connectivity index (χ0) is 16.5. The van der Waals surface area contributed by atoms with Crippen LogP contribution in [0, 0.1) is 5.82 Å². The molecule has 2 aromatic rings. The Bertz CT molecular complexity index is 711. The molecule has 0 aromatic heterocycles. The van der Waals surface area contributed by atoms with E-state index < -0.39 is 34.7 Å². The highest BCUT2D eigenvalue weighted by molar-refractivity contribution is 6.34. The highest BCUT2D eigenvalue weighted by Gasteiger charge is 2.34. The molecule has 0 unspecified atom stereocenters. The van der Waals surface area contributed by atoms with E-state index >= 15 is 0 Å². The van der Waals surface area contributed by atoms with Crippen LogP contribution in [0.2, 0.25) is 10.0 Å². The maximum Gasteiger partial charge on any atom is 0.418 e. The van der Waals surface area contributed by atoms with E-state index in [1.165, 1.54) is 18.2 Å². The first-order valence-corrected chi connectivity index (χ1v) is 6.58. The van der Waals surface area contributed by atoms with E-state index in [0.717, 1.165) is 12.1 Å². The zero-order valence-electron chi connectivity index (χ0n) is 10.6. The standard InChI is InChI=1S/C14H7Cl2F4NO/c15-7-4-5-11(8(6-7)14(18,19)20)21-13(22)12-9(16)2-1-3-10(12)17/h1-6H,(H,21,22). The molecular formula is C14H7Cl2F4NO. The van der Waals surface area contributed by atoms with Gasteiger partial charge in [-0.2, -0.15) is 13.2 Å². The van der Waals surface area contributed by atoms with Gasteiger partial charge in [-0.15, -0.1) is 0 Å². The van der Waals surface area contributed by atoms with Crippen molar-refractivity contribution in [2.45, 2.75) is 6.18 Å². The van der Waals surface area contributed by atoms with Crippen LogP contribution in [0.5, 0.6) is 0 Å². The van der Waals surface area contributed by atoms with Crippen molar-refractivity contribution in [1.29, 1.82) is 0 Å². The van der Waals surface area contributed by atoms with Crippen LogP contribution in [0.4, 0.5) is 23.2 Å². The number of amides is 1. The van der Waals surface area contributed by atoms with Gasteiger partial charge in [-0.25, -0.2) is 4.39 Å². The van der Waals surface area contributed by atoms with Gasteiger partial charge in [-0.1, -0.05) is 29.3 Å². The van der Waals surface area contributed by atoms with Crippen LogP contribution >= 0.6 is 23.2 Å². The van der Waals surface area contributed by atoms with E-state index in [0.29, 0.717) is 6.07 Å². The molecule has 0 spiro atoms. The third-order valence-electron chi connectivity index (χ3n) is 2.73. The summed E-state index contributed by atoms with van der Waals surface area (Å²) in [4.78, 5) is 12.0. The molecule has 2 rings (SSSR count). The summed E-state index contributed by atoms with van der Waals surface area (Å²) in [5.41, 5.74) is -2.21. The van der Waals surface area contributed by atoms with Gasteiger partial charge in [0.25, 0.3) is 5.91 Å². The second kappa shape index (κ2) is 6.14. The molecule has 22 heavy (non-hydrogen) atoms. The first-order valence-electron chi connectivity index (χ1n) is 5.82. The summed E-state index contributed by atoms with van der Waals surface area (Å²) in [6.07, 6.45) is -4.73. The van der Waals surface area contributed by atoms with Crippen molar-refractivity contribution in [3.05, 3.63) is 63.4 Å². The molecule has 0 aliphatic carbocycles. The Morgan fingerprint density at radius 1 is 1.09 bits per heavy atom. The van der Waals surface area contributed by atoms with E-state index in [2.05, 4.69) is 0 Å². The lowest BCUT2D eigenvalue weighted by Gasteiger charge is -2.14. The van der Waals surface area contributed by atoms with E-state index in [9.17, 15) is 22.4 Å². The van der Waals surface area contributed by atoms with Gasteiger partial charge in [0.2, 0.25) is 0 Å². The minimum Gasteiger partial charge on any atom is -0.321 e. The number of carbonyl (C=O) groups is 1. The van der Waals surface area contributed by atoms with Gasteiger partial charge in [-0.3, -0.25) is 4.79 Å². The summed E-state index contributed by atoms with van der Waals surface area (Å²) in [5, 5.41) is 1.65. The lowest BCUT2D eigenvalue weighted by molar-refractivity contribution is -0.136. The van der Waals surface area contributed by atoms with Crippen LogP contribution in [-0.4, -0.2) is 5.91 Å². The quantitative estimate of drug-likeness (QED) is 0.720. The van der Waals surface area contributed by atoms with Crippen LogP contribution in [0.15, 0.2) is 36.4 Å². The summed E-state index contributed by atoms with van der Waals surface area (Å²) in [6.45, 7) is 0. The van der Waals surface area contributed by atoms with Gasteiger partial charge < -0.3 is 5.32 Å². The molecule has 0 bridgehead atoms. The van der Waals surface area contributed by atoms with Gasteiger partial charge >= 0.3 is 6.18 Å². The lowest BCUT2D eigenvalue weighted by Crippen LogP contribution is -2.18.